The summed E-state index contributed by atoms with van der Waals surface area (Å²) in [5.41, 5.74) is 2.34. The average Bonchev–Trinajstić information content (AvgIpc) is 3.36. The van der Waals surface area contributed by atoms with Gasteiger partial charge in [0.15, 0.2) is 0 Å². The van der Waals surface area contributed by atoms with Gasteiger partial charge in [0, 0.05) is 0 Å². The van der Waals surface area contributed by atoms with Crippen molar-refractivity contribution in [2.24, 2.45) is 11.3 Å². The first-order valence-electron chi connectivity index (χ1n) is 9.78. The van der Waals surface area contributed by atoms with Crippen LogP contribution in [0.15, 0.2) is 24.3 Å². The minimum absolute atomic E-state index is 0.583. The fraction of sp³-hybridized carbons (Fsp3) is 0.682. The fourth-order valence-corrected chi connectivity index (χ4v) is 3.29. The predicted molar refractivity (Wildman–Crippen MR) is 100 cm³/mol. The maximum Gasteiger partial charge on any atom is 0.309 e. The number of unbranched alkanes of at least 4 members (excludes halogenated alkanes) is 3. The van der Waals surface area contributed by atoms with Gasteiger partial charge in [0.2, 0.25) is 0 Å². The molecule has 0 saturated heterocycles. The molecule has 134 valence electrons. The number of carbonyl (C=O) groups is 1. The highest BCUT2D eigenvalue weighted by Gasteiger charge is 2.25. The van der Waals surface area contributed by atoms with Gasteiger partial charge in [0.05, 0.1) is 5.41 Å². The van der Waals surface area contributed by atoms with Crippen molar-refractivity contribution in [3.63, 3.8) is 0 Å². The van der Waals surface area contributed by atoms with Crippen LogP contribution in [-0.4, -0.2) is 11.1 Å². The largest absolute Gasteiger partial charge is 0.481 e. The Balaban J connectivity index is 1.61. The molecule has 1 fully saturated rings. The number of benzene rings is 1. The van der Waals surface area contributed by atoms with Gasteiger partial charge >= 0.3 is 5.97 Å². The van der Waals surface area contributed by atoms with E-state index in [1.54, 1.807) is 0 Å². The molecule has 1 aromatic carbocycles. The van der Waals surface area contributed by atoms with Gasteiger partial charge in [-0.25, -0.2) is 0 Å². The number of carboxylic acids is 1. The van der Waals surface area contributed by atoms with E-state index in [4.69, 9.17) is 5.11 Å². The molecule has 0 unspecified atom stereocenters. The second-order valence-electron chi connectivity index (χ2n) is 8.26. The van der Waals surface area contributed by atoms with E-state index < -0.39 is 11.4 Å². The van der Waals surface area contributed by atoms with Crippen LogP contribution in [0.5, 0.6) is 0 Å². The van der Waals surface area contributed by atoms with Crippen molar-refractivity contribution in [3.05, 3.63) is 35.4 Å². The molecule has 1 aliphatic carbocycles. The van der Waals surface area contributed by atoms with E-state index >= 15 is 0 Å². The fourth-order valence-electron chi connectivity index (χ4n) is 3.29. The molecule has 2 rings (SSSR count). The Hall–Kier alpha value is -1.31. The summed E-state index contributed by atoms with van der Waals surface area (Å²) in [6, 6.07) is 9.06. The molecular weight excluding hydrogens is 296 g/mol. The normalized spacial score (nSPS) is 14.8. The van der Waals surface area contributed by atoms with Crippen molar-refractivity contribution in [1.82, 2.24) is 0 Å². The van der Waals surface area contributed by atoms with Gasteiger partial charge in [0.1, 0.15) is 0 Å². The molecule has 1 N–H and O–H groups in total. The van der Waals surface area contributed by atoms with Gasteiger partial charge in [0.25, 0.3) is 0 Å². The smallest absolute Gasteiger partial charge is 0.309 e. The van der Waals surface area contributed by atoms with Gasteiger partial charge in [-0.3, -0.25) is 4.79 Å². The van der Waals surface area contributed by atoms with Crippen LogP contribution in [0, 0.1) is 11.3 Å². The Labute approximate surface area is 147 Å². The number of aliphatic carboxylic acids is 1. The lowest BCUT2D eigenvalue weighted by atomic mass is 9.87. The van der Waals surface area contributed by atoms with Crippen molar-refractivity contribution in [1.29, 1.82) is 0 Å². The summed E-state index contributed by atoms with van der Waals surface area (Å²) in [6.45, 7) is 3.64. The molecule has 0 heterocycles. The SMILES string of the molecule is CC(C)(CCCCCc1cccc(CCCCC2CC2)c1)C(=O)O. The summed E-state index contributed by atoms with van der Waals surface area (Å²) in [5, 5.41) is 9.13. The summed E-state index contributed by atoms with van der Waals surface area (Å²) >= 11 is 0. The third kappa shape index (κ3) is 7.07. The zero-order valence-corrected chi connectivity index (χ0v) is 15.5. The van der Waals surface area contributed by atoms with Crippen LogP contribution in [0.1, 0.15) is 82.8 Å². The van der Waals surface area contributed by atoms with Gasteiger partial charge in [-0.2, -0.15) is 0 Å². The first-order valence-corrected chi connectivity index (χ1v) is 9.78. The Morgan fingerprint density at radius 1 is 1.04 bits per heavy atom. The van der Waals surface area contributed by atoms with Crippen LogP contribution < -0.4 is 0 Å². The van der Waals surface area contributed by atoms with E-state index in [2.05, 4.69) is 24.3 Å². The Morgan fingerprint density at radius 2 is 1.67 bits per heavy atom. The minimum atomic E-state index is -0.683. The molecule has 24 heavy (non-hydrogen) atoms. The number of hydrogen-bond acceptors (Lipinski definition) is 1. The molecule has 1 saturated carbocycles. The molecule has 0 radical (unpaired) electrons. The Kier molecular flexibility index (Phi) is 7.33. The zero-order valence-electron chi connectivity index (χ0n) is 15.5. The molecule has 2 nitrogen and oxygen atoms in total. The van der Waals surface area contributed by atoms with Gasteiger partial charge in [-0.1, -0.05) is 62.8 Å². The van der Waals surface area contributed by atoms with Crippen LogP contribution >= 0.6 is 0 Å². The Bertz CT molecular complexity index is 514. The molecule has 1 aromatic rings. The van der Waals surface area contributed by atoms with Crippen LogP contribution in [0.4, 0.5) is 0 Å². The van der Waals surface area contributed by atoms with E-state index in [-0.39, 0.29) is 0 Å². The second-order valence-corrected chi connectivity index (χ2v) is 8.26. The lowest BCUT2D eigenvalue weighted by Gasteiger charge is -2.18. The van der Waals surface area contributed by atoms with E-state index in [1.165, 1.54) is 49.7 Å². The predicted octanol–water partition coefficient (Wildman–Crippen LogP) is 6.02. The minimum Gasteiger partial charge on any atom is -0.481 e. The molecule has 0 aliphatic heterocycles. The zero-order chi connectivity index (χ0) is 17.4. The highest BCUT2D eigenvalue weighted by Crippen LogP contribution is 2.34. The van der Waals surface area contributed by atoms with Crippen molar-refractivity contribution in [2.75, 3.05) is 0 Å². The van der Waals surface area contributed by atoms with Gasteiger partial charge in [-0.15, -0.1) is 0 Å². The molecule has 1 aliphatic rings. The molecule has 0 bridgehead atoms. The Morgan fingerprint density at radius 3 is 2.25 bits per heavy atom. The van der Waals surface area contributed by atoms with Gasteiger partial charge in [-0.05, 0) is 63.0 Å². The second kappa shape index (κ2) is 9.25. The summed E-state index contributed by atoms with van der Waals surface area (Å²) in [6.07, 6.45) is 13.5. The lowest BCUT2D eigenvalue weighted by molar-refractivity contribution is -0.147. The molecule has 0 aromatic heterocycles. The molecule has 0 spiro atoms. The van der Waals surface area contributed by atoms with E-state index in [0.717, 1.165) is 38.0 Å². The van der Waals surface area contributed by atoms with Crippen LogP contribution in [0.25, 0.3) is 0 Å². The van der Waals surface area contributed by atoms with Crippen LogP contribution in [0.2, 0.25) is 0 Å². The lowest BCUT2D eigenvalue weighted by Crippen LogP contribution is -2.23. The van der Waals surface area contributed by atoms with E-state index in [9.17, 15) is 4.79 Å². The van der Waals surface area contributed by atoms with E-state index in [0.29, 0.717) is 0 Å². The third-order valence-corrected chi connectivity index (χ3v) is 5.36. The van der Waals surface area contributed by atoms with E-state index in [1.807, 2.05) is 13.8 Å². The maximum absolute atomic E-state index is 11.1. The number of aryl methyl sites for hydroxylation is 2. The van der Waals surface area contributed by atoms with Crippen LogP contribution in [0.3, 0.4) is 0 Å². The highest BCUT2D eigenvalue weighted by atomic mass is 16.4. The topological polar surface area (TPSA) is 37.3 Å². The molecule has 0 amide bonds. The third-order valence-electron chi connectivity index (χ3n) is 5.36. The standard InChI is InChI=1S/C22H34O2/c1-22(2,21(23)24)16-7-3-4-10-19-12-8-13-20(17-19)11-6-5-9-18-14-15-18/h8,12-13,17-18H,3-7,9-11,14-16H2,1-2H3,(H,23,24). The number of hydrogen-bond donors (Lipinski definition) is 1. The quantitative estimate of drug-likeness (QED) is 0.476. The number of rotatable bonds is 12. The highest BCUT2D eigenvalue weighted by molar-refractivity contribution is 5.73. The molecular formula is C22H34O2. The average molecular weight is 331 g/mol. The monoisotopic (exact) mass is 330 g/mol. The molecule has 0 atom stereocenters. The summed E-state index contributed by atoms with van der Waals surface area (Å²) in [4.78, 5) is 11.1. The maximum atomic E-state index is 11.1. The van der Waals surface area contributed by atoms with Gasteiger partial charge < -0.3 is 5.11 Å². The summed E-state index contributed by atoms with van der Waals surface area (Å²) in [7, 11) is 0. The first kappa shape index (κ1) is 19.0. The number of carboxylic acid groups (broad SMARTS) is 1. The summed E-state index contributed by atoms with van der Waals surface area (Å²) < 4.78 is 0. The summed E-state index contributed by atoms with van der Waals surface area (Å²) in [5.74, 6) is 0.374. The van der Waals surface area contributed by atoms with Crippen LogP contribution in [-0.2, 0) is 17.6 Å². The van der Waals surface area contributed by atoms with Crippen molar-refractivity contribution >= 4 is 5.97 Å². The van der Waals surface area contributed by atoms with Crippen molar-refractivity contribution in [3.8, 4) is 0 Å². The molecule has 2 heteroatoms. The van der Waals surface area contributed by atoms with Crippen molar-refractivity contribution < 1.29 is 9.90 Å². The van der Waals surface area contributed by atoms with Crippen molar-refractivity contribution in [2.45, 2.75) is 84.5 Å². The first-order chi connectivity index (χ1) is 11.5.